The molecule has 124 heavy (non-hydrogen) atoms. The fourth-order valence-corrected chi connectivity index (χ4v) is 22.6. The highest BCUT2D eigenvalue weighted by Crippen LogP contribution is 2.76. The van der Waals surface area contributed by atoms with Crippen LogP contribution in [0.15, 0.2) is 11.6 Å². The van der Waals surface area contributed by atoms with Gasteiger partial charge in [0.2, 0.25) is 6.29 Å². The minimum atomic E-state index is -2.31. The molecule has 14 rings (SSSR count). The Morgan fingerprint density at radius 3 is 1.46 bits per heavy atom. The van der Waals surface area contributed by atoms with Crippen molar-refractivity contribution >= 4 is 18.2 Å². The molecule has 9 aliphatic heterocycles. The minimum absolute atomic E-state index is 0.0935. The van der Waals surface area contributed by atoms with E-state index in [4.69, 9.17) is 85.3 Å². The average molecular weight is 1790 g/mol. The van der Waals surface area contributed by atoms with Crippen LogP contribution in [0.3, 0.4) is 0 Å². The van der Waals surface area contributed by atoms with Crippen LogP contribution >= 0.6 is 0 Å². The van der Waals surface area contributed by atoms with Gasteiger partial charge in [-0.25, -0.2) is 4.79 Å². The molecule has 0 aromatic heterocycles. The highest BCUT2D eigenvalue weighted by atomic mass is 16.8. The smallest absolute Gasteiger partial charge is 0.335 e. The van der Waals surface area contributed by atoms with Crippen LogP contribution in [0, 0.1) is 50.2 Å². The number of carbonyl (C=O) groups excluding carboxylic acids is 2. The SMILES string of the molecule is CC1OC(OC2C(C)OC(OC(=O)[C@]34CCC(C)(C)C[C@H]3C3=CC[C@@H]5[C@@]6(C)CCC(OC7O[C@H](C(=O)O)C(OC8OC(CO)C(OC9OC(CO)C(O)C(O)C9O)C(O)C8O)C(OC8OCC(O)C(O)C8O)C7O)[C@@](C)(C=O)[C@@H]6CC[C@@]5(C)[C@]3(C)CC4)C(OC3OCC(O)C(OC4OCC(O)C(O)C4O)C3O)C2O)C(O)C(OC2OCC(O)C(O)C2O)C1O. The van der Waals surface area contributed by atoms with Gasteiger partial charge in [0.1, 0.15) is 177 Å². The van der Waals surface area contributed by atoms with Crippen LogP contribution in [0.25, 0.3) is 0 Å². The number of hydrogen-bond donors (Lipinski definition) is 23. The van der Waals surface area contributed by atoms with Crippen LogP contribution in [0.2, 0.25) is 0 Å². The summed E-state index contributed by atoms with van der Waals surface area (Å²) in [4.78, 5) is 44.2. The molecule has 0 radical (unpaired) electrons. The van der Waals surface area contributed by atoms with Crippen LogP contribution in [-0.2, 0) is 99.6 Å². The van der Waals surface area contributed by atoms with Crippen molar-refractivity contribution in [1.82, 2.24) is 0 Å². The lowest BCUT2D eigenvalue weighted by Gasteiger charge is -2.71. The Morgan fingerprint density at radius 2 is 0.879 bits per heavy atom. The molecule has 13 fully saturated rings. The molecule has 41 unspecified atom stereocenters. The molecule has 44 heteroatoms. The zero-order chi connectivity index (χ0) is 90.2. The van der Waals surface area contributed by atoms with Crippen molar-refractivity contribution in [2.75, 3.05) is 39.6 Å². The van der Waals surface area contributed by atoms with Crippen molar-refractivity contribution in [3.8, 4) is 0 Å². The van der Waals surface area contributed by atoms with Crippen LogP contribution in [0.5, 0.6) is 0 Å². The van der Waals surface area contributed by atoms with E-state index in [1.54, 1.807) is 6.92 Å². The molecule has 50 atom stereocenters. The minimum Gasteiger partial charge on any atom is -0.479 e. The molecule has 0 aromatic rings. The summed E-state index contributed by atoms with van der Waals surface area (Å²) in [6.45, 7) is 11.1. The number of aldehydes is 1. The number of carbonyl (C=O) groups is 3. The van der Waals surface area contributed by atoms with Crippen molar-refractivity contribution < 1.29 is 217 Å². The third-order valence-electron chi connectivity index (χ3n) is 30.3. The van der Waals surface area contributed by atoms with E-state index in [1.165, 1.54) is 13.8 Å². The van der Waals surface area contributed by atoms with E-state index >= 15 is 4.79 Å². The molecule has 0 aromatic carbocycles. The predicted molar refractivity (Wildman–Crippen MR) is 400 cm³/mol. The zero-order valence-electron chi connectivity index (χ0n) is 69.8. The maximum absolute atomic E-state index is 16.2. The molecule has 23 N–H and O–H groups in total. The van der Waals surface area contributed by atoms with Crippen molar-refractivity contribution in [2.45, 2.75) is 378 Å². The molecule has 5 aliphatic carbocycles. The van der Waals surface area contributed by atoms with Gasteiger partial charge in [0.05, 0.1) is 68.8 Å². The topological polar surface area (TPSA) is 683 Å². The van der Waals surface area contributed by atoms with E-state index in [-0.39, 0.29) is 24.2 Å². The molecule has 44 nitrogen and oxygen atoms in total. The Bertz CT molecular complexity index is 3660. The molecular formula is C80H126O44. The number of hydrogen-bond acceptors (Lipinski definition) is 43. The Labute approximate surface area is 712 Å². The lowest BCUT2D eigenvalue weighted by Crippen LogP contribution is -2.69. The Morgan fingerprint density at radius 1 is 0.411 bits per heavy atom. The van der Waals surface area contributed by atoms with Crippen LogP contribution in [0.1, 0.15) is 120 Å². The molecule has 14 aliphatic rings. The first-order valence-electron chi connectivity index (χ1n) is 42.8. The first-order valence-corrected chi connectivity index (χ1v) is 42.8. The maximum Gasteiger partial charge on any atom is 0.335 e. The van der Waals surface area contributed by atoms with Gasteiger partial charge in [0, 0.05) is 0 Å². The van der Waals surface area contributed by atoms with Gasteiger partial charge in [0.15, 0.2) is 62.5 Å². The first kappa shape index (κ1) is 96.8. The summed E-state index contributed by atoms with van der Waals surface area (Å²) in [5.74, 6) is -3.74. The lowest BCUT2D eigenvalue weighted by molar-refractivity contribution is -0.392. The quantitative estimate of drug-likeness (QED) is 0.0207. The second kappa shape index (κ2) is 37.3. The monoisotopic (exact) mass is 1790 g/mol. The van der Waals surface area contributed by atoms with Gasteiger partial charge in [-0.15, -0.1) is 0 Å². The predicted octanol–water partition coefficient (Wildman–Crippen LogP) is -9.03. The summed E-state index contributed by atoms with van der Waals surface area (Å²) in [5, 5.41) is 254. The highest BCUT2D eigenvalue weighted by molar-refractivity contribution is 5.79. The number of rotatable bonds is 22. The van der Waals surface area contributed by atoms with E-state index in [1.807, 2.05) is 0 Å². The Balaban J connectivity index is 0.710. The second-order valence-corrected chi connectivity index (χ2v) is 38.2. The van der Waals surface area contributed by atoms with Crippen LogP contribution < -0.4 is 0 Å². The molecule has 0 bridgehead atoms. The van der Waals surface area contributed by atoms with Crippen molar-refractivity contribution in [2.24, 2.45) is 50.2 Å². The third kappa shape index (κ3) is 17.3. The molecule has 710 valence electrons. The van der Waals surface area contributed by atoms with Gasteiger partial charge in [-0.2, -0.15) is 0 Å². The number of carboxylic acids is 1. The molecule has 0 amide bonds. The maximum atomic E-state index is 16.2. The number of aliphatic hydroxyl groups is 22. The molecule has 0 spiro atoms. The number of ether oxygens (including phenoxy) is 18. The molecule has 9 saturated heterocycles. The Kier molecular flexibility index (Phi) is 29.2. The summed E-state index contributed by atoms with van der Waals surface area (Å²) >= 11 is 0. The van der Waals surface area contributed by atoms with E-state index < -0.39 is 349 Å². The van der Waals surface area contributed by atoms with E-state index in [2.05, 4.69) is 40.7 Å². The summed E-state index contributed by atoms with van der Waals surface area (Å²) in [6, 6.07) is 0. The molecule has 9 heterocycles. The first-order chi connectivity index (χ1) is 58.3. The molecular weight excluding hydrogens is 1660 g/mol. The van der Waals surface area contributed by atoms with E-state index in [0.29, 0.717) is 51.4 Å². The van der Waals surface area contributed by atoms with Crippen LogP contribution in [0.4, 0.5) is 0 Å². The number of carboxylic acid groups (broad SMARTS) is 1. The summed E-state index contributed by atoms with van der Waals surface area (Å²) in [5.41, 5.74) is -4.02. The normalized spacial score (nSPS) is 54.8. The number of fused-ring (bicyclic) bond motifs is 7. The molecule has 4 saturated carbocycles. The highest BCUT2D eigenvalue weighted by Gasteiger charge is 2.72. The van der Waals surface area contributed by atoms with Crippen LogP contribution in [-0.4, -0.2) is 433 Å². The van der Waals surface area contributed by atoms with Crippen molar-refractivity contribution in [3.05, 3.63) is 11.6 Å². The fourth-order valence-electron chi connectivity index (χ4n) is 22.6. The summed E-state index contributed by atoms with van der Waals surface area (Å²) in [7, 11) is 0. The van der Waals surface area contributed by atoms with E-state index in [0.717, 1.165) is 11.9 Å². The second-order valence-electron chi connectivity index (χ2n) is 38.2. The zero-order valence-corrected chi connectivity index (χ0v) is 69.8. The standard InChI is InChI=1S/C80H126O44/c1-27-40(88)59(119-66-48(96)42(90)32(85)23-108-66)54(102)71(111-27)116-56-28(2)112-73(61(52(56)100)121-68-53(101)57(34(87)25-110-68)117-65-47(95)41(89)31(84)22-107-65)124-74(106)80-17-15-75(3,4)19-30(80)29-9-10-38-76(5)13-12-39(77(6,26-83)37(76)11-14-79(38,8)78(29,7)16-18-80)115-72-55(103)60(120-67-49(97)43(91)33(86)24-109-67)62(63(123-72)64(104)105)122-70-51(99)46(94)58(36(21-82)114-70)118-69-50(98)45(93)44(92)35(20-81)113-69/h9,26-28,30-63,65-73,81-82,84-103H,10-25H2,1-8H3,(H,104,105)/t27?,28?,30-,31?,32?,33?,34?,35?,36?,37+,38+,39?,40?,41?,42?,43?,44?,45?,46?,47?,48?,49?,50?,51?,52?,53?,54?,55?,56?,57?,58?,59?,60?,61?,62?,63-,65?,66?,67?,68?,69?,70?,71?,72?,73?,76-,77-,78+,79+,80-/m0/s1. The fraction of sp³-hybridized carbons (Fsp3) is 0.938. The summed E-state index contributed by atoms with van der Waals surface area (Å²) < 4.78 is 108. The number of aliphatic hydroxyl groups excluding tert-OH is 22. The van der Waals surface area contributed by atoms with Gasteiger partial charge in [0.25, 0.3) is 0 Å². The van der Waals surface area contributed by atoms with Gasteiger partial charge < -0.3 is 208 Å². The summed E-state index contributed by atoms with van der Waals surface area (Å²) in [6.07, 6.45) is -70.5. The van der Waals surface area contributed by atoms with Gasteiger partial charge in [-0.3, -0.25) is 4.79 Å². The largest absolute Gasteiger partial charge is 0.479 e. The van der Waals surface area contributed by atoms with Gasteiger partial charge in [-0.1, -0.05) is 53.2 Å². The third-order valence-corrected chi connectivity index (χ3v) is 30.3. The number of esters is 1. The lowest BCUT2D eigenvalue weighted by atomic mass is 9.33. The Hall–Kier alpha value is -3.21. The number of aliphatic carboxylic acids is 1. The van der Waals surface area contributed by atoms with Crippen molar-refractivity contribution in [3.63, 3.8) is 0 Å². The number of allylic oxidation sites excluding steroid dienone is 2. The average Bonchev–Trinajstić information content (AvgIpc) is 0.672. The van der Waals surface area contributed by atoms with Crippen molar-refractivity contribution in [1.29, 1.82) is 0 Å². The van der Waals surface area contributed by atoms with Gasteiger partial charge in [-0.05, 0) is 117 Å². The van der Waals surface area contributed by atoms with E-state index in [9.17, 15) is 127 Å². The van der Waals surface area contributed by atoms with Gasteiger partial charge >= 0.3 is 11.9 Å².